The molecular formula is C16H21NO4S2. The Morgan fingerprint density at radius 1 is 1.26 bits per heavy atom. The van der Waals surface area contributed by atoms with E-state index in [1.165, 1.54) is 11.3 Å². The van der Waals surface area contributed by atoms with Crippen molar-refractivity contribution in [2.75, 3.05) is 19.0 Å². The molecule has 1 unspecified atom stereocenters. The van der Waals surface area contributed by atoms with Crippen LogP contribution in [-0.4, -0.2) is 38.7 Å². The van der Waals surface area contributed by atoms with Gasteiger partial charge in [0.25, 0.3) is 0 Å². The first kappa shape index (κ1) is 16.8. The number of hydrogen-bond acceptors (Lipinski definition) is 6. The van der Waals surface area contributed by atoms with Crippen LogP contribution in [0.2, 0.25) is 0 Å². The molecule has 2 heterocycles. The molecule has 1 aromatic heterocycles. The average Bonchev–Trinajstić information content (AvgIpc) is 3.00. The molecular weight excluding hydrogens is 334 g/mol. The number of nitrogens with zero attached hydrogens (tertiary/aromatic N) is 1. The summed E-state index contributed by atoms with van der Waals surface area (Å²) < 4.78 is 36.9. The van der Waals surface area contributed by atoms with E-state index in [9.17, 15) is 8.42 Å². The molecule has 1 aliphatic rings. The van der Waals surface area contributed by atoms with Crippen molar-refractivity contribution in [1.82, 2.24) is 4.98 Å². The maximum atomic E-state index is 12.3. The SMILES string of the molecule is O=S(=O)(CCCCOC1CCCCO1)c1nc2ccccc2s1. The highest BCUT2D eigenvalue weighted by Crippen LogP contribution is 2.26. The first-order chi connectivity index (χ1) is 11.1. The van der Waals surface area contributed by atoms with E-state index in [0.717, 1.165) is 36.1 Å². The molecule has 1 saturated heterocycles. The predicted molar refractivity (Wildman–Crippen MR) is 90.4 cm³/mol. The first-order valence-electron chi connectivity index (χ1n) is 7.97. The number of unbranched alkanes of at least 4 members (excludes halogenated alkanes) is 1. The lowest BCUT2D eigenvalue weighted by molar-refractivity contribution is -0.162. The van der Waals surface area contributed by atoms with E-state index in [1.54, 1.807) is 0 Å². The molecule has 126 valence electrons. The van der Waals surface area contributed by atoms with Gasteiger partial charge in [-0.05, 0) is 44.2 Å². The monoisotopic (exact) mass is 355 g/mol. The predicted octanol–water partition coefficient (Wildman–Crippen LogP) is 3.39. The number of para-hydroxylation sites is 1. The van der Waals surface area contributed by atoms with Crippen LogP contribution < -0.4 is 0 Å². The Labute approximate surface area is 140 Å². The Morgan fingerprint density at radius 3 is 2.91 bits per heavy atom. The Morgan fingerprint density at radius 2 is 2.13 bits per heavy atom. The van der Waals surface area contributed by atoms with Gasteiger partial charge in [0.1, 0.15) is 0 Å². The van der Waals surface area contributed by atoms with Crippen molar-refractivity contribution in [3.63, 3.8) is 0 Å². The molecule has 23 heavy (non-hydrogen) atoms. The van der Waals surface area contributed by atoms with Gasteiger partial charge in [-0.3, -0.25) is 0 Å². The van der Waals surface area contributed by atoms with Crippen LogP contribution in [0.1, 0.15) is 32.1 Å². The van der Waals surface area contributed by atoms with Crippen LogP contribution in [-0.2, 0) is 19.3 Å². The van der Waals surface area contributed by atoms with Gasteiger partial charge in [-0.2, -0.15) is 0 Å². The Balaban J connectivity index is 1.46. The number of thiazole rings is 1. The molecule has 2 aromatic rings. The third-order valence-electron chi connectivity index (χ3n) is 3.79. The highest BCUT2D eigenvalue weighted by molar-refractivity contribution is 7.93. The molecule has 0 aliphatic carbocycles. The zero-order valence-corrected chi connectivity index (χ0v) is 14.6. The molecule has 0 N–H and O–H groups in total. The van der Waals surface area contributed by atoms with Gasteiger partial charge in [0, 0.05) is 13.2 Å². The fourth-order valence-corrected chi connectivity index (χ4v) is 5.24. The van der Waals surface area contributed by atoms with Gasteiger partial charge in [-0.1, -0.05) is 12.1 Å². The molecule has 0 radical (unpaired) electrons. The summed E-state index contributed by atoms with van der Waals surface area (Å²) in [6.45, 7) is 1.30. The molecule has 0 spiro atoms. The molecule has 1 aromatic carbocycles. The third-order valence-corrected chi connectivity index (χ3v) is 7.08. The molecule has 7 heteroatoms. The van der Waals surface area contributed by atoms with Gasteiger partial charge in [0.2, 0.25) is 14.2 Å². The topological polar surface area (TPSA) is 65.5 Å². The highest BCUT2D eigenvalue weighted by Gasteiger charge is 2.19. The van der Waals surface area contributed by atoms with E-state index in [1.807, 2.05) is 24.3 Å². The normalized spacial score (nSPS) is 19.2. The fraction of sp³-hybridized carbons (Fsp3) is 0.562. The van der Waals surface area contributed by atoms with Crippen LogP contribution in [0.4, 0.5) is 0 Å². The van der Waals surface area contributed by atoms with Crippen LogP contribution in [0.3, 0.4) is 0 Å². The summed E-state index contributed by atoms with van der Waals surface area (Å²) >= 11 is 1.24. The number of hydrogen-bond donors (Lipinski definition) is 0. The molecule has 0 amide bonds. The van der Waals surface area contributed by atoms with Crippen LogP contribution in [0.5, 0.6) is 0 Å². The largest absolute Gasteiger partial charge is 0.353 e. The Bertz CT molecular complexity index is 702. The van der Waals surface area contributed by atoms with Crippen LogP contribution >= 0.6 is 11.3 Å². The lowest BCUT2D eigenvalue weighted by Gasteiger charge is -2.22. The van der Waals surface area contributed by atoms with E-state index in [4.69, 9.17) is 9.47 Å². The van der Waals surface area contributed by atoms with Gasteiger partial charge in [-0.15, -0.1) is 11.3 Å². The summed E-state index contributed by atoms with van der Waals surface area (Å²) in [7, 11) is -3.31. The van der Waals surface area contributed by atoms with Crippen molar-refractivity contribution in [1.29, 1.82) is 0 Å². The summed E-state index contributed by atoms with van der Waals surface area (Å²) in [6, 6.07) is 7.48. The number of benzene rings is 1. The fourth-order valence-electron chi connectivity index (χ4n) is 2.52. The van der Waals surface area contributed by atoms with Crippen molar-refractivity contribution in [2.24, 2.45) is 0 Å². The molecule has 1 aliphatic heterocycles. The summed E-state index contributed by atoms with van der Waals surface area (Å²) in [6.07, 6.45) is 4.35. The second-order valence-electron chi connectivity index (χ2n) is 5.64. The first-order valence-corrected chi connectivity index (χ1v) is 10.4. The molecule has 1 atom stereocenters. The molecule has 3 rings (SSSR count). The highest BCUT2D eigenvalue weighted by atomic mass is 32.2. The van der Waals surface area contributed by atoms with E-state index in [0.29, 0.717) is 19.4 Å². The average molecular weight is 355 g/mol. The van der Waals surface area contributed by atoms with E-state index in [2.05, 4.69) is 4.98 Å². The zero-order chi connectivity index (χ0) is 16.1. The zero-order valence-electron chi connectivity index (χ0n) is 12.9. The minimum Gasteiger partial charge on any atom is -0.353 e. The lowest BCUT2D eigenvalue weighted by atomic mass is 10.2. The van der Waals surface area contributed by atoms with E-state index in [-0.39, 0.29) is 16.4 Å². The molecule has 5 nitrogen and oxygen atoms in total. The Hall–Kier alpha value is -1.02. The number of ether oxygens (including phenoxy) is 2. The summed E-state index contributed by atoms with van der Waals surface area (Å²) in [5, 5.41) is 0. The Kier molecular flexibility index (Phi) is 5.63. The van der Waals surface area contributed by atoms with Gasteiger partial charge in [-0.25, -0.2) is 13.4 Å². The summed E-state index contributed by atoms with van der Waals surface area (Å²) in [5.41, 5.74) is 0.744. The third kappa shape index (κ3) is 4.50. The lowest BCUT2D eigenvalue weighted by Crippen LogP contribution is -2.22. The van der Waals surface area contributed by atoms with Crippen molar-refractivity contribution in [3.05, 3.63) is 24.3 Å². The van der Waals surface area contributed by atoms with Crippen LogP contribution in [0.15, 0.2) is 28.6 Å². The van der Waals surface area contributed by atoms with Crippen molar-refractivity contribution in [2.45, 2.75) is 42.7 Å². The molecule has 0 bridgehead atoms. The minimum atomic E-state index is -3.31. The second-order valence-corrected chi connectivity index (χ2v) is 8.95. The maximum Gasteiger partial charge on any atom is 0.210 e. The molecule has 0 saturated carbocycles. The number of fused-ring (bicyclic) bond motifs is 1. The summed E-state index contributed by atoms with van der Waals surface area (Å²) in [5.74, 6) is 0.113. The van der Waals surface area contributed by atoms with Crippen molar-refractivity contribution >= 4 is 31.4 Å². The van der Waals surface area contributed by atoms with Crippen LogP contribution in [0.25, 0.3) is 10.2 Å². The van der Waals surface area contributed by atoms with Crippen molar-refractivity contribution < 1.29 is 17.9 Å². The van der Waals surface area contributed by atoms with E-state index >= 15 is 0 Å². The van der Waals surface area contributed by atoms with Crippen molar-refractivity contribution in [3.8, 4) is 0 Å². The quantitative estimate of drug-likeness (QED) is 0.712. The summed E-state index contributed by atoms with van der Waals surface area (Å²) in [4.78, 5) is 4.24. The smallest absolute Gasteiger partial charge is 0.210 e. The van der Waals surface area contributed by atoms with Gasteiger partial charge in [0.05, 0.1) is 16.0 Å². The van der Waals surface area contributed by atoms with Crippen LogP contribution in [0, 0.1) is 0 Å². The second kappa shape index (κ2) is 7.70. The number of rotatable bonds is 7. The van der Waals surface area contributed by atoms with E-state index < -0.39 is 9.84 Å². The molecule has 1 fully saturated rings. The number of sulfone groups is 1. The maximum absolute atomic E-state index is 12.3. The van der Waals surface area contributed by atoms with Gasteiger partial charge < -0.3 is 9.47 Å². The number of aromatic nitrogens is 1. The minimum absolute atomic E-state index is 0.107. The van der Waals surface area contributed by atoms with Gasteiger partial charge in [0.15, 0.2) is 6.29 Å². The van der Waals surface area contributed by atoms with Gasteiger partial charge >= 0.3 is 0 Å². The standard InChI is InChI=1S/C16H21NO4S2/c18-23(19,16-17-13-7-1-2-8-14(13)22-16)12-6-5-11-21-15-9-3-4-10-20-15/h1-2,7-8,15H,3-6,9-12H2.